The highest BCUT2D eigenvalue weighted by Gasteiger charge is 2.06. The number of nitrogens with zero attached hydrogens (tertiary/aromatic N) is 1. The van der Waals surface area contributed by atoms with E-state index in [9.17, 15) is 0 Å². The number of benzene rings is 1. The molecular weight excluding hydrogens is 202 g/mol. The molecule has 0 aliphatic rings. The zero-order chi connectivity index (χ0) is 12.1. The summed E-state index contributed by atoms with van der Waals surface area (Å²) >= 11 is 0. The summed E-state index contributed by atoms with van der Waals surface area (Å²) in [7, 11) is 5.75. The quantitative estimate of drug-likeness (QED) is 0.745. The fraction of sp³-hybridized carbons (Fsp3) is 0.500. The fourth-order valence-corrected chi connectivity index (χ4v) is 1.65. The highest BCUT2D eigenvalue weighted by molar-refractivity contribution is 5.68. The van der Waals surface area contributed by atoms with Gasteiger partial charge in [0.2, 0.25) is 0 Å². The van der Waals surface area contributed by atoms with Crippen molar-refractivity contribution in [3.05, 3.63) is 18.2 Å². The van der Waals surface area contributed by atoms with Crippen molar-refractivity contribution in [3.8, 4) is 5.75 Å². The molecule has 90 valence electrons. The van der Waals surface area contributed by atoms with Crippen LogP contribution in [0.4, 0.5) is 11.4 Å². The molecule has 1 aromatic rings. The summed E-state index contributed by atoms with van der Waals surface area (Å²) in [6, 6.07) is 5.96. The Morgan fingerprint density at radius 1 is 1.44 bits per heavy atom. The fourth-order valence-electron chi connectivity index (χ4n) is 1.65. The van der Waals surface area contributed by atoms with E-state index in [0.29, 0.717) is 6.04 Å². The van der Waals surface area contributed by atoms with E-state index in [4.69, 9.17) is 10.5 Å². The number of hydrogen-bond donors (Lipinski definition) is 2. The highest BCUT2D eigenvalue weighted by Crippen LogP contribution is 2.24. The molecule has 1 rings (SSSR count). The molecule has 0 aromatic heterocycles. The third-order valence-corrected chi connectivity index (χ3v) is 2.30. The average molecular weight is 223 g/mol. The molecule has 0 aliphatic heterocycles. The first-order valence-corrected chi connectivity index (χ1v) is 5.37. The first-order valence-electron chi connectivity index (χ1n) is 5.37. The summed E-state index contributed by atoms with van der Waals surface area (Å²) in [4.78, 5) is 2.13. The number of nitrogens with two attached hydrogens (primary N) is 1. The molecule has 0 radical (unpaired) electrons. The molecular formula is C12H21N3O. The lowest BCUT2D eigenvalue weighted by molar-refractivity contribution is 0.392. The van der Waals surface area contributed by atoms with Crippen LogP contribution in [-0.2, 0) is 0 Å². The number of methoxy groups -OCH3 is 1. The van der Waals surface area contributed by atoms with Gasteiger partial charge in [0.05, 0.1) is 18.5 Å². The van der Waals surface area contributed by atoms with Crippen LogP contribution in [0.25, 0.3) is 0 Å². The molecule has 1 aromatic carbocycles. The molecule has 0 aliphatic carbocycles. The van der Waals surface area contributed by atoms with Gasteiger partial charge in [0, 0.05) is 18.7 Å². The van der Waals surface area contributed by atoms with Crippen LogP contribution < -0.4 is 15.8 Å². The largest absolute Gasteiger partial charge is 0.497 e. The molecule has 1 unspecified atom stereocenters. The maximum absolute atomic E-state index is 5.89. The minimum Gasteiger partial charge on any atom is -0.497 e. The third kappa shape index (κ3) is 3.62. The first-order chi connectivity index (χ1) is 7.52. The number of nitrogens with one attached hydrogen (secondary N) is 1. The minimum atomic E-state index is 0.337. The molecule has 0 saturated heterocycles. The predicted octanol–water partition coefficient (Wildman–Crippen LogP) is 1.64. The van der Waals surface area contributed by atoms with E-state index in [0.717, 1.165) is 23.7 Å². The maximum atomic E-state index is 5.89. The van der Waals surface area contributed by atoms with Crippen molar-refractivity contribution in [2.45, 2.75) is 13.0 Å². The van der Waals surface area contributed by atoms with Crippen LogP contribution in [0.2, 0.25) is 0 Å². The monoisotopic (exact) mass is 223 g/mol. The Bertz CT molecular complexity index is 339. The van der Waals surface area contributed by atoms with Gasteiger partial charge in [0.25, 0.3) is 0 Å². The molecule has 0 saturated carbocycles. The van der Waals surface area contributed by atoms with Crippen molar-refractivity contribution in [1.82, 2.24) is 4.90 Å². The Morgan fingerprint density at radius 2 is 2.12 bits per heavy atom. The molecule has 0 amide bonds. The van der Waals surface area contributed by atoms with Gasteiger partial charge in [-0.15, -0.1) is 0 Å². The van der Waals surface area contributed by atoms with Gasteiger partial charge in [0.15, 0.2) is 0 Å². The van der Waals surface area contributed by atoms with Crippen molar-refractivity contribution < 1.29 is 4.74 Å². The maximum Gasteiger partial charge on any atom is 0.121 e. The number of hydrogen-bond acceptors (Lipinski definition) is 4. The highest BCUT2D eigenvalue weighted by atomic mass is 16.5. The second-order valence-electron chi connectivity index (χ2n) is 4.26. The normalized spacial score (nSPS) is 12.6. The molecule has 4 heteroatoms. The Hall–Kier alpha value is -1.42. The zero-order valence-electron chi connectivity index (χ0n) is 10.4. The standard InChI is InChI=1S/C12H21N3O/c1-9(8-15(2)3)14-12-7-10(16-4)5-6-11(12)13/h5-7,9,14H,8,13H2,1-4H3. The minimum absolute atomic E-state index is 0.337. The number of nitrogen functional groups attached to an aromatic ring is 1. The van der Waals surface area contributed by atoms with Crippen LogP contribution in [0.1, 0.15) is 6.92 Å². The summed E-state index contributed by atoms with van der Waals surface area (Å²) in [6.45, 7) is 3.08. The summed E-state index contributed by atoms with van der Waals surface area (Å²) in [5.41, 5.74) is 7.56. The Morgan fingerprint density at radius 3 is 2.69 bits per heavy atom. The van der Waals surface area contributed by atoms with Crippen molar-refractivity contribution in [2.75, 3.05) is 38.8 Å². The summed E-state index contributed by atoms with van der Waals surface area (Å²) in [5.74, 6) is 0.814. The first kappa shape index (κ1) is 12.6. The zero-order valence-corrected chi connectivity index (χ0v) is 10.4. The average Bonchev–Trinajstić information content (AvgIpc) is 2.20. The second-order valence-corrected chi connectivity index (χ2v) is 4.26. The van der Waals surface area contributed by atoms with Gasteiger partial charge >= 0.3 is 0 Å². The van der Waals surface area contributed by atoms with Gasteiger partial charge in [0.1, 0.15) is 5.75 Å². The van der Waals surface area contributed by atoms with E-state index in [2.05, 4.69) is 17.1 Å². The molecule has 3 N–H and O–H groups in total. The molecule has 0 bridgehead atoms. The summed E-state index contributed by atoms with van der Waals surface area (Å²) < 4.78 is 5.17. The summed E-state index contributed by atoms with van der Waals surface area (Å²) in [6.07, 6.45) is 0. The lowest BCUT2D eigenvalue weighted by Crippen LogP contribution is -2.29. The van der Waals surface area contributed by atoms with Gasteiger partial charge in [-0.3, -0.25) is 0 Å². The lowest BCUT2D eigenvalue weighted by Gasteiger charge is -2.20. The third-order valence-electron chi connectivity index (χ3n) is 2.30. The number of rotatable bonds is 5. The van der Waals surface area contributed by atoms with Crippen LogP contribution in [0.3, 0.4) is 0 Å². The van der Waals surface area contributed by atoms with E-state index in [1.54, 1.807) is 7.11 Å². The van der Waals surface area contributed by atoms with Gasteiger partial charge in [-0.05, 0) is 33.2 Å². The molecule has 0 fully saturated rings. The van der Waals surface area contributed by atoms with Gasteiger partial charge in [-0.25, -0.2) is 0 Å². The summed E-state index contributed by atoms with van der Waals surface area (Å²) in [5, 5.41) is 3.37. The van der Waals surface area contributed by atoms with E-state index in [1.165, 1.54) is 0 Å². The van der Waals surface area contributed by atoms with Crippen LogP contribution in [0.5, 0.6) is 5.75 Å². The number of ether oxygens (including phenoxy) is 1. The Balaban J connectivity index is 2.71. The Labute approximate surface area is 97.4 Å². The van der Waals surface area contributed by atoms with Crippen LogP contribution in [0.15, 0.2) is 18.2 Å². The lowest BCUT2D eigenvalue weighted by atomic mass is 10.2. The number of anilines is 2. The van der Waals surface area contributed by atoms with Gasteiger partial charge < -0.3 is 20.7 Å². The van der Waals surface area contributed by atoms with Crippen LogP contribution >= 0.6 is 0 Å². The molecule has 16 heavy (non-hydrogen) atoms. The van der Waals surface area contributed by atoms with Crippen molar-refractivity contribution in [1.29, 1.82) is 0 Å². The second kappa shape index (κ2) is 5.61. The predicted molar refractivity (Wildman–Crippen MR) is 69.0 cm³/mol. The smallest absolute Gasteiger partial charge is 0.121 e. The van der Waals surface area contributed by atoms with E-state index in [-0.39, 0.29) is 0 Å². The molecule has 0 heterocycles. The molecule has 0 spiro atoms. The topological polar surface area (TPSA) is 50.5 Å². The SMILES string of the molecule is COc1ccc(N)c(NC(C)CN(C)C)c1. The Kier molecular flexibility index (Phi) is 4.43. The van der Waals surface area contributed by atoms with Crippen LogP contribution in [0, 0.1) is 0 Å². The van der Waals surface area contributed by atoms with E-state index >= 15 is 0 Å². The van der Waals surface area contributed by atoms with Crippen LogP contribution in [-0.4, -0.2) is 38.7 Å². The van der Waals surface area contributed by atoms with Crippen molar-refractivity contribution >= 4 is 11.4 Å². The van der Waals surface area contributed by atoms with Crippen molar-refractivity contribution in [2.24, 2.45) is 0 Å². The van der Waals surface area contributed by atoms with Gasteiger partial charge in [-0.1, -0.05) is 0 Å². The van der Waals surface area contributed by atoms with E-state index in [1.807, 2.05) is 32.3 Å². The number of likely N-dealkylation sites (N-methyl/N-ethyl adjacent to an activating group) is 1. The van der Waals surface area contributed by atoms with Gasteiger partial charge in [-0.2, -0.15) is 0 Å². The van der Waals surface area contributed by atoms with E-state index < -0.39 is 0 Å². The molecule has 4 nitrogen and oxygen atoms in total. The molecule has 1 atom stereocenters. The van der Waals surface area contributed by atoms with Crippen molar-refractivity contribution in [3.63, 3.8) is 0 Å².